The van der Waals surface area contributed by atoms with Gasteiger partial charge in [-0.1, -0.05) is 79.9 Å². The number of hydrogen-bond donors (Lipinski definition) is 1. The van der Waals surface area contributed by atoms with Crippen LogP contribution in [0.15, 0.2) is 60.7 Å². The lowest BCUT2D eigenvalue weighted by atomic mass is 9.83. The van der Waals surface area contributed by atoms with E-state index in [0.29, 0.717) is 17.8 Å². The third-order valence-corrected chi connectivity index (χ3v) is 9.57. The third-order valence-electron chi connectivity index (χ3n) is 9.57. The highest BCUT2D eigenvalue weighted by Crippen LogP contribution is 2.34. The van der Waals surface area contributed by atoms with Crippen molar-refractivity contribution in [2.45, 2.75) is 89.1 Å². The molecule has 3 aliphatic rings. The van der Waals surface area contributed by atoms with Gasteiger partial charge in [0, 0.05) is 25.4 Å². The van der Waals surface area contributed by atoms with E-state index in [-0.39, 0.29) is 6.04 Å². The number of carboxylic acid groups (broad SMARTS) is 1. The predicted molar refractivity (Wildman–Crippen MR) is 168 cm³/mol. The van der Waals surface area contributed by atoms with Crippen LogP contribution in [0.2, 0.25) is 0 Å². The fraction of sp³-hybridized carbons (Fsp3) is 0.571. The van der Waals surface area contributed by atoms with Crippen molar-refractivity contribution in [3.05, 3.63) is 83.4 Å². The second-order valence-corrected chi connectivity index (χ2v) is 12.5. The van der Waals surface area contributed by atoms with E-state index in [1.807, 2.05) is 12.1 Å². The maximum Gasteiger partial charge on any atom is 0.321 e. The largest absolute Gasteiger partial charge is 0.480 e. The molecule has 7 heteroatoms. The normalized spacial score (nSPS) is 21.5. The van der Waals surface area contributed by atoms with Gasteiger partial charge in [0.2, 0.25) is 0 Å². The molecule has 1 N–H and O–H groups in total. The standard InChI is InChI=1S/C18H25NO2.C17H24N4/c20-18(21)17(15-9-5-2-6-10-15)19-12-11-16(13-19)14-7-3-1-4-8-14;1-3-21-17(15-9-11-20(2)12-10-15)18-16(19-21)13-14-7-5-4-6-8-14/h1,3-4,7-8,15-17H,2,5-6,9-13H2,(H,20,21);4-8,15H,3,9-13H2,1-2H3/t16-,17-;/m1./s1. The molecule has 1 saturated carbocycles. The second-order valence-electron chi connectivity index (χ2n) is 12.5. The van der Waals surface area contributed by atoms with Crippen LogP contribution in [0.1, 0.15) is 92.9 Å². The second kappa shape index (κ2) is 14.9. The van der Waals surface area contributed by atoms with E-state index in [2.05, 4.69) is 77.0 Å². The average Bonchev–Trinajstić information content (AvgIpc) is 3.67. The van der Waals surface area contributed by atoms with Gasteiger partial charge in [0.25, 0.3) is 0 Å². The Morgan fingerprint density at radius 2 is 1.52 bits per heavy atom. The molecule has 0 spiro atoms. The summed E-state index contributed by atoms with van der Waals surface area (Å²) >= 11 is 0. The number of carboxylic acids is 1. The van der Waals surface area contributed by atoms with Gasteiger partial charge in [0.05, 0.1) is 0 Å². The molecular weight excluding hydrogens is 522 g/mol. The van der Waals surface area contributed by atoms with Crippen molar-refractivity contribution in [2.24, 2.45) is 5.92 Å². The van der Waals surface area contributed by atoms with E-state index >= 15 is 0 Å². The van der Waals surface area contributed by atoms with Crippen LogP contribution in [0.25, 0.3) is 0 Å². The van der Waals surface area contributed by atoms with Gasteiger partial charge in [-0.3, -0.25) is 9.69 Å². The first-order valence-electron chi connectivity index (χ1n) is 16.2. The van der Waals surface area contributed by atoms with Crippen molar-refractivity contribution in [1.29, 1.82) is 0 Å². The minimum Gasteiger partial charge on any atom is -0.480 e. The quantitative estimate of drug-likeness (QED) is 0.347. The van der Waals surface area contributed by atoms with E-state index in [4.69, 9.17) is 10.1 Å². The maximum atomic E-state index is 11.8. The molecule has 0 unspecified atom stereocenters. The molecule has 42 heavy (non-hydrogen) atoms. The molecule has 1 aliphatic carbocycles. The highest BCUT2D eigenvalue weighted by Gasteiger charge is 2.38. The Balaban J connectivity index is 0.000000168. The van der Waals surface area contributed by atoms with Crippen molar-refractivity contribution in [2.75, 3.05) is 33.2 Å². The summed E-state index contributed by atoms with van der Waals surface area (Å²) in [4.78, 5) is 21.3. The molecule has 2 aliphatic heterocycles. The summed E-state index contributed by atoms with van der Waals surface area (Å²) in [6, 6.07) is 20.7. The van der Waals surface area contributed by atoms with E-state index < -0.39 is 5.97 Å². The number of likely N-dealkylation sites (tertiary alicyclic amines) is 2. The van der Waals surface area contributed by atoms with Crippen LogP contribution >= 0.6 is 0 Å². The highest BCUT2D eigenvalue weighted by atomic mass is 16.4. The van der Waals surface area contributed by atoms with Gasteiger partial charge >= 0.3 is 5.97 Å². The van der Waals surface area contributed by atoms with E-state index in [9.17, 15) is 9.90 Å². The number of hydrogen-bond acceptors (Lipinski definition) is 5. The lowest BCUT2D eigenvalue weighted by Gasteiger charge is -2.33. The van der Waals surface area contributed by atoms with Gasteiger partial charge in [-0.2, -0.15) is 5.10 Å². The number of piperidine rings is 1. The van der Waals surface area contributed by atoms with E-state index in [1.54, 1.807) is 0 Å². The van der Waals surface area contributed by atoms with Crippen molar-refractivity contribution < 1.29 is 9.90 Å². The lowest BCUT2D eigenvalue weighted by molar-refractivity contribution is -0.145. The Morgan fingerprint density at radius 1 is 0.881 bits per heavy atom. The van der Waals surface area contributed by atoms with Gasteiger partial charge in [-0.25, -0.2) is 9.67 Å². The molecule has 2 atom stereocenters. The van der Waals surface area contributed by atoms with Crippen LogP contribution in [-0.4, -0.2) is 74.9 Å². The molecule has 226 valence electrons. The van der Waals surface area contributed by atoms with Crippen LogP contribution in [0.3, 0.4) is 0 Å². The zero-order valence-electron chi connectivity index (χ0n) is 25.6. The van der Waals surface area contributed by atoms with Crippen LogP contribution in [0.5, 0.6) is 0 Å². The van der Waals surface area contributed by atoms with Crippen LogP contribution in [0.4, 0.5) is 0 Å². The summed E-state index contributed by atoms with van der Waals surface area (Å²) in [7, 11) is 2.20. The van der Waals surface area contributed by atoms with Crippen molar-refractivity contribution in [3.8, 4) is 0 Å². The molecular formula is C35H49N5O2. The topological polar surface area (TPSA) is 74.5 Å². The van der Waals surface area contributed by atoms with Crippen molar-refractivity contribution >= 4 is 5.97 Å². The molecule has 1 aromatic heterocycles. The Bertz CT molecular complexity index is 1230. The molecule has 2 aromatic carbocycles. The summed E-state index contributed by atoms with van der Waals surface area (Å²) < 4.78 is 2.11. The number of benzene rings is 2. The predicted octanol–water partition coefficient (Wildman–Crippen LogP) is 6.21. The first kappa shape index (κ1) is 30.4. The van der Waals surface area contributed by atoms with Gasteiger partial charge in [-0.05, 0) is 88.7 Å². The Kier molecular flexibility index (Phi) is 10.8. The zero-order chi connectivity index (χ0) is 29.3. The molecule has 6 rings (SSSR count). The number of aryl methyl sites for hydroxylation is 1. The third kappa shape index (κ3) is 7.87. The minimum atomic E-state index is -0.615. The Morgan fingerprint density at radius 3 is 2.17 bits per heavy atom. The number of aromatic nitrogens is 3. The molecule has 3 fully saturated rings. The summed E-state index contributed by atoms with van der Waals surface area (Å²) in [5.74, 6) is 2.95. The smallest absolute Gasteiger partial charge is 0.321 e. The van der Waals surface area contributed by atoms with Gasteiger partial charge in [0.15, 0.2) is 5.82 Å². The number of rotatable bonds is 8. The first-order valence-corrected chi connectivity index (χ1v) is 16.2. The fourth-order valence-corrected chi connectivity index (χ4v) is 7.20. The highest BCUT2D eigenvalue weighted by molar-refractivity contribution is 5.74. The van der Waals surface area contributed by atoms with Gasteiger partial charge in [-0.15, -0.1) is 0 Å². The van der Waals surface area contributed by atoms with Gasteiger partial charge in [0.1, 0.15) is 11.9 Å². The monoisotopic (exact) mass is 571 g/mol. The van der Waals surface area contributed by atoms with Crippen molar-refractivity contribution in [3.63, 3.8) is 0 Å². The minimum absolute atomic E-state index is 0.265. The molecule has 3 heterocycles. The number of nitrogens with zero attached hydrogens (tertiary/aromatic N) is 5. The SMILES string of the molecule is CCn1nc(Cc2ccccc2)nc1C1CCN(C)CC1.O=C(O)[C@@H](C1CCCCC1)N1CC[C@@H](c2ccccc2)C1. The number of carbonyl (C=O) groups is 1. The van der Waals surface area contributed by atoms with Crippen LogP contribution in [0, 0.1) is 5.92 Å². The number of aliphatic carboxylic acids is 1. The Labute approximate surface area is 252 Å². The maximum absolute atomic E-state index is 11.8. The molecule has 0 radical (unpaired) electrons. The Hall–Kier alpha value is -3.03. The molecule has 3 aromatic rings. The van der Waals surface area contributed by atoms with E-state index in [1.165, 1.54) is 49.1 Å². The summed E-state index contributed by atoms with van der Waals surface area (Å²) in [5.41, 5.74) is 2.63. The van der Waals surface area contributed by atoms with Crippen molar-refractivity contribution in [1.82, 2.24) is 24.6 Å². The molecule has 0 bridgehead atoms. The van der Waals surface area contributed by atoms with Crippen LogP contribution < -0.4 is 0 Å². The van der Waals surface area contributed by atoms with E-state index in [0.717, 1.165) is 64.2 Å². The summed E-state index contributed by atoms with van der Waals surface area (Å²) in [5, 5.41) is 14.4. The zero-order valence-corrected chi connectivity index (χ0v) is 25.6. The lowest BCUT2D eigenvalue weighted by Crippen LogP contribution is -2.45. The average molecular weight is 572 g/mol. The molecule has 2 saturated heterocycles. The molecule has 7 nitrogen and oxygen atoms in total. The van der Waals surface area contributed by atoms with Crippen LogP contribution in [-0.2, 0) is 17.8 Å². The summed E-state index contributed by atoms with van der Waals surface area (Å²) in [6.45, 7) is 7.21. The first-order chi connectivity index (χ1) is 20.5. The summed E-state index contributed by atoms with van der Waals surface area (Å²) in [6.07, 6.45) is 10.1. The molecule has 0 amide bonds. The van der Waals surface area contributed by atoms with Gasteiger partial charge < -0.3 is 10.0 Å². The fourth-order valence-electron chi connectivity index (χ4n) is 7.20.